The van der Waals surface area contributed by atoms with Crippen LogP contribution in [-0.4, -0.2) is 15.9 Å². The van der Waals surface area contributed by atoms with Gasteiger partial charge in [0.2, 0.25) is 0 Å². The fourth-order valence-corrected chi connectivity index (χ4v) is 1.97. The first-order valence-corrected chi connectivity index (χ1v) is 6.24. The van der Waals surface area contributed by atoms with Crippen molar-refractivity contribution in [1.29, 1.82) is 0 Å². The first-order valence-electron chi connectivity index (χ1n) is 5.44. The summed E-state index contributed by atoms with van der Waals surface area (Å²) < 4.78 is 0.834. The van der Waals surface area contributed by atoms with Gasteiger partial charge in [0.05, 0.1) is 5.69 Å². The highest BCUT2D eigenvalue weighted by atomic mass is 79.9. The van der Waals surface area contributed by atoms with Gasteiger partial charge in [0, 0.05) is 10.2 Å². The number of carbonyl (C=O) groups is 1. The molecular weight excluding hydrogens is 294 g/mol. The predicted molar refractivity (Wildman–Crippen MR) is 73.6 cm³/mol. The first kappa shape index (κ1) is 12.7. The van der Waals surface area contributed by atoms with Crippen LogP contribution in [0.15, 0.2) is 34.8 Å². The van der Waals surface area contributed by atoms with E-state index in [-0.39, 0.29) is 5.91 Å². The van der Waals surface area contributed by atoms with Gasteiger partial charge in [-0.25, -0.2) is 9.97 Å². The molecule has 0 atom stereocenters. The maximum Gasteiger partial charge on any atom is 0.274 e. The van der Waals surface area contributed by atoms with Gasteiger partial charge >= 0.3 is 0 Å². The summed E-state index contributed by atoms with van der Waals surface area (Å²) in [5.41, 5.74) is 1.87. The van der Waals surface area contributed by atoms with Crippen LogP contribution in [0.25, 0.3) is 0 Å². The van der Waals surface area contributed by atoms with Gasteiger partial charge in [-0.2, -0.15) is 0 Å². The average Bonchev–Trinajstić information content (AvgIpc) is 2.31. The van der Waals surface area contributed by atoms with Crippen molar-refractivity contribution in [3.8, 4) is 0 Å². The quantitative estimate of drug-likeness (QED) is 0.927. The molecule has 2 aromatic rings. The normalized spacial score (nSPS) is 10.2. The fourth-order valence-electron chi connectivity index (χ4n) is 1.58. The Morgan fingerprint density at radius 2 is 1.94 bits per heavy atom. The molecular formula is C13H12BrN3O. The van der Waals surface area contributed by atoms with E-state index in [0.29, 0.717) is 11.5 Å². The summed E-state index contributed by atoms with van der Waals surface area (Å²) >= 11 is 3.38. The van der Waals surface area contributed by atoms with Crippen molar-refractivity contribution in [3.63, 3.8) is 0 Å². The predicted octanol–water partition coefficient (Wildman–Crippen LogP) is 3.11. The van der Waals surface area contributed by atoms with E-state index < -0.39 is 0 Å². The molecule has 4 nitrogen and oxygen atoms in total. The monoisotopic (exact) mass is 305 g/mol. The summed E-state index contributed by atoms with van der Waals surface area (Å²) in [6.07, 6.45) is 0. The Labute approximate surface area is 114 Å². The Morgan fingerprint density at radius 3 is 2.61 bits per heavy atom. The van der Waals surface area contributed by atoms with Crippen molar-refractivity contribution in [3.05, 3.63) is 52.0 Å². The van der Waals surface area contributed by atoms with Gasteiger partial charge in [0.25, 0.3) is 5.91 Å². The van der Waals surface area contributed by atoms with Gasteiger partial charge in [0.15, 0.2) is 0 Å². The lowest BCUT2D eigenvalue weighted by Gasteiger charge is -2.07. The molecule has 92 valence electrons. The van der Waals surface area contributed by atoms with Crippen LogP contribution in [0.4, 0.5) is 5.69 Å². The molecule has 0 aliphatic rings. The summed E-state index contributed by atoms with van der Waals surface area (Å²) in [6.45, 7) is 3.60. The van der Waals surface area contributed by atoms with Crippen molar-refractivity contribution in [2.45, 2.75) is 13.8 Å². The smallest absolute Gasteiger partial charge is 0.274 e. The average molecular weight is 306 g/mol. The second-order valence-corrected chi connectivity index (χ2v) is 4.73. The van der Waals surface area contributed by atoms with E-state index in [4.69, 9.17) is 0 Å². The molecule has 0 bridgehead atoms. The Kier molecular flexibility index (Phi) is 3.72. The Balaban J connectivity index is 2.25. The maximum absolute atomic E-state index is 12.0. The van der Waals surface area contributed by atoms with Crippen LogP contribution in [0.3, 0.4) is 0 Å². The Morgan fingerprint density at radius 1 is 1.22 bits per heavy atom. The van der Waals surface area contributed by atoms with Crippen molar-refractivity contribution in [1.82, 2.24) is 9.97 Å². The lowest BCUT2D eigenvalue weighted by molar-refractivity contribution is 0.102. The van der Waals surface area contributed by atoms with Crippen LogP contribution in [0, 0.1) is 13.8 Å². The molecule has 1 aromatic carbocycles. The molecule has 1 aromatic heterocycles. The summed E-state index contributed by atoms with van der Waals surface area (Å²) in [5.74, 6) is 0.350. The molecule has 0 saturated heterocycles. The van der Waals surface area contributed by atoms with E-state index in [0.717, 1.165) is 15.9 Å². The molecule has 18 heavy (non-hydrogen) atoms. The molecule has 0 radical (unpaired) electrons. The van der Waals surface area contributed by atoms with E-state index in [1.54, 1.807) is 13.0 Å². The highest BCUT2D eigenvalue weighted by Gasteiger charge is 2.10. The summed E-state index contributed by atoms with van der Waals surface area (Å²) in [7, 11) is 0. The number of halogens is 1. The third kappa shape index (κ3) is 2.92. The van der Waals surface area contributed by atoms with Gasteiger partial charge in [-0.1, -0.05) is 12.1 Å². The van der Waals surface area contributed by atoms with Crippen molar-refractivity contribution >= 4 is 27.5 Å². The fraction of sp³-hybridized carbons (Fsp3) is 0.154. The second-order valence-electron chi connectivity index (χ2n) is 3.88. The molecule has 2 rings (SSSR count). The number of nitrogens with zero attached hydrogens (tertiary/aromatic N) is 2. The largest absolute Gasteiger partial charge is 0.320 e. The minimum Gasteiger partial charge on any atom is -0.320 e. The zero-order chi connectivity index (χ0) is 13.1. The van der Waals surface area contributed by atoms with Crippen LogP contribution in [0.1, 0.15) is 22.0 Å². The SMILES string of the molecule is Cc1cc(C(=O)Nc2ccccc2Br)nc(C)n1. The number of hydrogen-bond acceptors (Lipinski definition) is 3. The summed E-state index contributed by atoms with van der Waals surface area (Å²) in [5, 5.41) is 2.80. The van der Waals surface area contributed by atoms with E-state index in [9.17, 15) is 4.79 Å². The maximum atomic E-state index is 12.0. The Hall–Kier alpha value is -1.75. The van der Waals surface area contributed by atoms with Gasteiger partial charge in [-0.3, -0.25) is 4.79 Å². The van der Waals surface area contributed by atoms with Gasteiger partial charge in [0.1, 0.15) is 11.5 Å². The van der Waals surface area contributed by atoms with Gasteiger partial charge in [-0.15, -0.1) is 0 Å². The molecule has 1 amide bonds. The molecule has 0 saturated carbocycles. The number of para-hydroxylation sites is 1. The van der Waals surface area contributed by atoms with Crippen LogP contribution >= 0.6 is 15.9 Å². The molecule has 1 N–H and O–H groups in total. The van der Waals surface area contributed by atoms with Crippen LogP contribution in [-0.2, 0) is 0 Å². The third-order valence-corrected chi connectivity index (χ3v) is 3.01. The topological polar surface area (TPSA) is 54.9 Å². The highest BCUT2D eigenvalue weighted by Crippen LogP contribution is 2.21. The lowest BCUT2D eigenvalue weighted by Crippen LogP contribution is -2.15. The number of carbonyl (C=O) groups excluding carboxylic acids is 1. The summed E-state index contributed by atoms with van der Waals surface area (Å²) in [6, 6.07) is 9.10. The van der Waals surface area contributed by atoms with E-state index in [1.807, 2.05) is 31.2 Å². The molecule has 0 unspecified atom stereocenters. The Bertz CT molecular complexity index is 578. The van der Waals surface area contributed by atoms with E-state index >= 15 is 0 Å². The zero-order valence-electron chi connectivity index (χ0n) is 10.1. The molecule has 0 spiro atoms. The summed E-state index contributed by atoms with van der Waals surface area (Å²) in [4.78, 5) is 20.3. The second kappa shape index (κ2) is 5.27. The van der Waals surface area contributed by atoms with Gasteiger partial charge < -0.3 is 5.32 Å². The minimum absolute atomic E-state index is 0.240. The zero-order valence-corrected chi connectivity index (χ0v) is 11.7. The number of aromatic nitrogens is 2. The molecule has 0 fully saturated rings. The third-order valence-electron chi connectivity index (χ3n) is 2.32. The lowest BCUT2D eigenvalue weighted by atomic mass is 10.3. The number of hydrogen-bond donors (Lipinski definition) is 1. The molecule has 1 heterocycles. The van der Waals surface area contributed by atoms with Crippen LogP contribution < -0.4 is 5.32 Å². The first-order chi connectivity index (χ1) is 8.56. The van der Waals surface area contributed by atoms with Crippen molar-refractivity contribution in [2.75, 3.05) is 5.32 Å². The minimum atomic E-state index is -0.240. The number of amides is 1. The molecule has 0 aliphatic carbocycles. The number of nitrogens with one attached hydrogen (secondary N) is 1. The molecule has 5 heteroatoms. The standard InChI is InChI=1S/C13H12BrN3O/c1-8-7-12(16-9(2)15-8)13(18)17-11-6-4-3-5-10(11)14/h3-7H,1-2H3,(H,17,18). The number of benzene rings is 1. The number of anilines is 1. The van der Waals surface area contributed by atoms with Crippen LogP contribution in [0.5, 0.6) is 0 Å². The van der Waals surface area contributed by atoms with E-state index in [2.05, 4.69) is 31.2 Å². The van der Waals surface area contributed by atoms with Gasteiger partial charge in [-0.05, 0) is 48.0 Å². The van der Waals surface area contributed by atoms with Crippen molar-refractivity contribution in [2.24, 2.45) is 0 Å². The molecule has 0 aliphatic heterocycles. The highest BCUT2D eigenvalue weighted by molar-refractivity contribution is 9.10. The van der Waals surface area contributed by atoms with Crippen molar-refractivity contribution < 1.29 is 4.79 Å². The van der Waals surface area contributed by atoms with Crippen LogP contribution in [0.2, 0.25) is 0 Å². The van der Waals surface area contributed by atoms with E-state index in [1.165, 1.54) is 0 Å². The number of aryl methyl sites for hydroxylation is 2. The number of rotatable bonds is 2.